The first-order valence-electron chi connectivity index (χ1n) is 7.60. The fraction of sp³-hybridized carbons (Fsp3) is 0.933. The van der Waals surface area contributed by atoms with Gasteiger partial charge in [-0.2, -0.15) is 5.06 Å². The van der Waals surface area contributed by atoms with Gasteiger partial charge in [0.05, 0.1) is 0 Å². The minimum Gasteiger partial charge on any atom is -0.340 e. The second kappa shape index (κ2) is 5.28. The molecule has 5 nitrogen and oxygen atoms in total. The first kappa shape index (κ1) is 15.7. The van der Waals surface area contributed by atoms with Crippen LogP contribution < -0.4 is 0 Å². The first-order chi connectivity index (χ1) is 9.13. The molecule has 2 saturated heterocycles. The number of piperazine rings is 1. The van der Waals surface area contributed by atoms with Gasteiger partial charge in [0.25, 0.3) is 0 Å². The summed E-state index contributed by atoms with van der Waals surface area (Å²) < 4.78 is 0. The Morgan fingerprint density at radius 3 is 1.90 bits per heavy atom. The van der Waals surface area contributed by atoms with E-state index in [1.165, 1.54) is 5.06 Å². The van der Waals surface area contributed by atoms with Gasteiger partial charge in [-0.3, -0.25) is 4.79 Å². The molecule has 0 bridgehead atoms. The molecule has 0 aliphatic carbocycles. The number of piperidine rings is 1. The summed E-state index contributed by atoms with van der Waals surface area (Å²) in [5.41, 5.74) is -0.705. The highest BCUT2D eigenvalue weighted by atomic mass is 16.5. The molecule has 20 heavy (non-hydrogen) atoms. The predicted molar refractivity (Wildman–Crippen MR) is 78.6 cm³/mol. The SMILES string of the molecule is CN1CCN(C(=O)C2CC(C)(C)N(O)C(C)(C)C2)CC1. The van der Waals surface area contributed by atoms with Gasteiger partial charge in [0, 0.05) is 43.2 Å². The Labute approximate surface area is 122 Å². The van der Waals surface area contributed by atoms with Gasteiger partial charge >= 0.3 is 0 Å². The lowest BCUT2D eigenvalue weighted by Crippen LogP contribution is -2.61. The van der Waals surface area contributed by atoms with E-state index in [0.717, 1.165) is 39.0 Å². The van der Waals surface area contributed by atoms with E-state index in [1.807, 2.05) is 32.6 Å². The van der Waals surface area contributed by atoms with E-state index < -0.39 is 0 Å². The number of carbonyl (C=O) groups is 1. The highest BCUT2D eigenvalue weighted by molar-refractivity contribution is 5.79. The van der Waals surface area contributed by atoms with Gasteiger partial charge in [0.1, 0.15) is 0 Å². The van der Waals surface area contributed by atoms with Crippen LogP contribution in [0, 0.1) is 5.92 Å². The molecule has 5 heteroatoms. The van der Waals surface area contributed by atoms with E-state index in [9.17, 15) is 10.0 Å². The lowest BCUT2D eigenvalue weighted by Gasteiger charge is -2.51. The summed E-state index contributed by atoms with van der Waals surface area (Å²) in [4.78, 5) is 17.0. The van der Waals surface area contributed by atoms with E-state index in [1.54, 1.807) is 0 Å². The first-order valence-corrected chi connectivity index (χ1v) is 7.60. The van der Waals surface area contributed by atoms with Gasteiger partial charge < -0.3 is 15.0 Å². The van der Waals surface area contributed by atoms with Crippen molar-refractivity contribution in [2.24, 2.45) is 5.92 Å². The molecule has 0 unspecified atom stereocenters. The standard InChI is InChI=1S/C15H29N3O2/c1-14(2)10-12(11-15(3,4)18(14)20)13(19)17-8-6-16(5)7-9-17/h12,20H,6-11H2,1-5H3. The zero-order valence-electron chi connectivity index (χ0n) is 13.5. The van der Waals surface area contributed by atoms with Gasteiger partial charge in [-0.25, -0.2) is 0 Å². The van der Waals surface area contributed by atoms with Crippen molar-refractivity contribution < 1.29 is 10.0 Å². The second-order valence-corrected chi connectivity index (χ2v) is 7.67. The van der Waals surface area contributed by atoms with Gasteiger partial charge in [0.2, 0.25) is 5.91 Å². The van der Waals surface area contributed by atoms with E-state index in [4.69, 9.17) is 0 Å². The van der Waals surface area contributed by atoms with E-state index in [2.05, 4.69) is 11.9 Å². The van der Waals surface area contributed by atoms with Crippen molar-refractivity contribution in [2.75, 3.05) is 33.2 Å². The lowest BCUT2D eigenvalue weighted by molar-refractivity contribution is -0.250. The molecule has 0 aromatic rings. The maximum absolute atomic E-state index is 12.7. The highest BCUT2D eigenvalue weighted by Crippen LogP contribution is 2.40. The second-order valence-electron chi connectivity index (χ2n) is 7.67. The van der Waals surface area contributed by atoms with Crippen LogP contribution >= 0.6 is 0 Å². The Hall–Kier alpha value is -0.650. The van der Waals surface area contributed by atoms with Crippen molar-refractivity contribution in [3.63, 3.8) is 0 Å². The van der Waals surface area contributed by atoms with Crippen molar-refractivity contribution in [1.29, 1.82) is 0 Å². The molecular formula is C15H29N3O2. The molecule has 1 N–H and O–H groups in total. The third-order valence-electron chi connectivity index (χ3n) is 4.80. The number of hydrogen-bond acceptors (Lipinski definition) is 4. The Morgan fingerprint density at radius 2 is 1.45 bits per heavy atom. The van der Waals surface area contributed by atoms with Gasteiger partial charge in [-0.1, -0.05) is 0 Å². The summed E-state index contributed by atoms with van der Waals surface area (Å²) in [6.07, 6.45) is 1.44. The molecule has 2 rings (SSSR count). The quantitative estimate of drug-likeness (QED) is 0.790. The van der Waals surface area contributed by atoms with Crippen molar-refractivity contribution >= 4 is 5.91 Å². The number of nitrogens with zero attached hydrogens (tertiary/aromatic N) is 3. The van der Waals surface area contributed by atoms with E-state index in [-0.39, 0.29) is 22.9 Å². The summed E-state index contributed by atoms with van der Waals surface area (Å²) in [5.74, 6) is 0.291. The molecule has 0 spiro atoms. The molecular weight excluding hydrogens is 254 g/mol. The van der Waals surface area contributed by atoms with E-state index in [0.29, 0.717) is 0 Å². The molecule has 2 fully saturated rings. The molecule has 1 amide bonds. The van der Waals surface area contributed by atoms with Crippen LogP contribution in [0.5, 0.6) is 0 Å². The maximum Gasteiger partial charge on any atom is 0.225 e. The molecule has 0 aromatic carbocycles. The van der Waals surface area contributed by atoms with Gasteiger partial charge in [-0.15, -0.1) is 0 Å². The zero-order valence-corrected chi connectivity index (χ0v) is 13.5. The third kappa shape index (κ3) is 3.00. The Bertz CT molecular complexity index is 355. The number of hydrogen-bond donors (Lipinski definition) is 1. The Balaban J connectivity index is 2.07. The zero-order chi connectivity index (χ0) is 15.1. The maximum atomic E-state index is 12.7. The summed E-state index contributed by atoms with van der Waals surface area (Å²) in [5, 5.41) is 11.7. The average Bonchev–Trinajstić information content (AvgIpc) is 2.35. The number of carbonyl (C=O) groups excluding carboxylic acids is 1. The van der Waals surface area contributed by atoms with Crippen LogP contribution in [0.2, 0.25) is 0 Å². The molecule has 2 aliphatic rings. The molecule has 2 aliphatic heterocycles. The smallest absolute Gasteiger partial charge is 0.225 e. The Kier molecular flexibility index (Phi) is 4.15. The summed E-state index contributed by atoms with van der Waals surface area (Å²) in [6.45, 7) is 11.6. The minimum absolute atomic E-state index is 0.0202. The fourth-order valence-corrected chi connectivity index (χ4v) is 3.73. The van der Waals surface area contributed by atoms with Crippen molar-refractivity contribution in [2.45, 2.75) is 51.6 Å². The van der Waals surface area contributed by atoms with Crippen LogP contribution in [0.25, 0.3) is 0 Å². The predicted octanol–water partition coefficient (Wildman–Crippen LogP) is 1.42. The normalized spacial score (nSPS) is 28.6. The molecule has 0 saturated carbocycles. The van der Waals surface area contributed by atoms with Crippen molar-refractivity contribution in [3.05, 3.63) is 0 Å². The monoisotopic (exact) mass is 283 g/mol. The number of rotatable bonds is 1. The molecule has 0 radical (unpaired) electrons. The highest BCUT2D eigenvalue weighted by Gasteiger charge is 2.47. The fourth-order valence-electron chi connectivity index (χ4n) is 3.73. The van der Waals surface area contributed by atoms with Gasteiger partial charge in [0.15, 0.2) is 0 Å². The molecule has 0 atom stereocenters. The minimum atomic E-state index is -0.353. The van der Waals surface area contributed by atoms with Crippen molar-refractivity contribution in [1.82, 2.24) is 14.9 Å². The largest absolute Gasteiger partial charge is 0.340 e. The lowest BCUT2D eigenvalue weighted by atomic mass is 9.74. The van der Waals surface area contributed by atoms with Crippen LogP contribution in [-0.4, -0.2) is 70.3 Å². The third-order valence-corrected chi connectivity index (χ3v) is 4.80. The van der Waals surface area contributed by atoms with Crippen LogP contribution in [0.1, 0.15) is 40.5 Å². The summed E-state index contributed by atoms with van der Waals surface area (Å²) >= 11 is 0. The van der Waals surface area contributed by atoms with Crippen molar-refractivity contribution in [3.8, 4) is 0 Å². The molecule has 0 aromatic heterocycles. The number of amides is 1. The number of likely N-dealkylation sites (N-methyl/N-ethyl adjacent to an activating group) is 1. The van der Waals surface area contributed by atoms with Crippen LogP contribution in [0.4, 0.5) is 0 Å². The van der Waals surface area contributed by atoms with Gasteiger partial charge in [-0.05, 0) is 47.6 Å². The van der Waals surface area contributed by atoms with Crippen LogP contribution in [0.3, 0.4) is 0 Å². The Morgan fingerprint density at radius 1 is 1.00 bits per heavy atom. The number of hydroxylamine groups is 2. The summed E-state index contributed by atoms with van der Waals surface area (Å²) in [6, 6.07) is 0. The van der Waals surface area contributed by atoms with E-state index >= 15 is 0 Å². The topological polar surface area (TPSA) is 47.0 Å². The van der Waals surface area contributed by atoms with Crippen LogP contribution in [0.15, 0.2) is 0 Å². The molecule has 2 heterocycles. The average molecular weight is 283 g/mol. The summed E-state index contributed by atoms with van der Waals surface area (Å²) in [7, 11) is 2.10. The van der Waals surface area contributed by atoms with Crippen LogP contribution in [-0.2, 0) is 4.79 Å². The molecule has 116 valence electrons.